The molecule has 1 saturated heterocycles. The van der Waals surface area contributed by atoms with Gasteiger partial charge in [0.1, 0.15) is 12.4 Å². The zero-order valence-electron chi connectivity index (χ0n) is 16.7. The zero-order chi connectivity index (χ0) is 20.1. The molecule has 0 unspecified atom stereocenters. The van der Waals surface area contributed by atoms with Gasteiger partial charge in [-0.05, 0) is 12.1 Å². The highest BCUT2D eigenvalue weighted by Gasteiger charge is 2.34. The van der Waals surface area contributed by atoms with Gasteiger partial charge in [-0.2, -0.15) is 10.1 Å². The second-order valence-corrected chi connectivity index (χ2v) is 6.90. The Morgan fingerprint density at radius 2 is 2.14 bits per heavy atom. The van der Waals surface area contributed by atoms with Crippen LogP contribution in [0.2, 0.25) is 0 Å². The summed E-state index contributed by atoms with van der Waals surface area (Å²) in [4.78, 5) is 25.0. The molecule has 1 aliphatic heterocycles. The van der Waals surface area contributed by atoms with Crippen molar-refractivity contribution in [1.82, 2.24) is 25.1 Å². The number of hydrogen-bond donors (Lipinski definition) is 1. The van der Waals surface area contributed by atoms with E-state index in [-0.39, 0.29) is 24.7 Å². The lowest BCUT2D eigenvalue weighted by molar-refractivity contribution is -0.127. The van der Waals surface area contributed by atoms with E-state index >= 15 is 0 Å². The predicted molar refractivity (Wildman–Crippen MR) is 104 cm³/mol. The highest BCUT2D eigenvalue weighted by atomic mass is 16.5. The van der Waals surface area contributed by atoms with E-state index in [1.165, 1.54) is 0 Å². The van der Waals surface area contributed by atoms with Crippen molar-refractivity contribution in [2.45, 2.75) is 18.8 Å². The first kappa shape index (κ1) is 20.0. The van der Waals surface area contributed by atoms with Crippen molar-refractivity contribution in [2.24, 2.45) is 7.05 Å². The standard InChI is InChI=1S/C18H27N7O3/c1-23(2)18-19-7-6-16(22-18)25-9-14(15(10-25)27-4)21-17(26)12-28-11-13-5-8-20-24(13)3/h5-8,14-15H,9-12H2,1-4H3,(H,21,26)/t14-,15+/m0/s1. The highest BCUT2D eigenvalue weighted by Crippen LogP contribution is 2.21. The number of anilines is 2. The smallest absolute Gasteiger partial charge is 0.246 e. The number of nitrogens with zero attached hydrogens (tertiary/aromatic N) is 6. The third kappa shape index (κ3) is 4.76. The maximum absolute atomic E-state index is 12.3. The SMILES string of the molecule is CO[C@@H]1CN(c2ccnc(N(C)C)n2)C[C@@H]1NC(=O)COCc1ccnn1C. The molecule has 0 radical (unpaired) electrons. The van der Waals surface area contributed by atoms with Crippen LogP contribution in [0, 0.1) is 0 Å². The summed E-state index contributed by atoms with van der Waals surface area (Å²) in [6.45, 7) is 1.57. The Balaban J connectivity index is 1.54. The third-order valence-electron chi connectivity index (χ3n) is 4.67. The van der Waals surface area contributed by atoms with Crippen molar-refractivity contribution in [3.8, 4) is 0 Å². The average molecular weight is 389 g/mol. The second-order valence-electron chi connectivity index (χ2n) is 6.90. The predicted octanol–water partition coefficient (Wildman–Crippen LogP) is -0.187. The maximum atomic E-state index is 12.3. The number of ether oxygens (including phenoxy) is 2. The van der Waals surface area contributed by atoms with Crippen LogP contribution in [0.3, 0.4) is 0 Å². The van der Waals surface area contributed by atoms with Gasteiger partial charge in [-0.15, -0.1) is 0 Å². The van der Waals surface area contributed by atoms with Crippen LogP contribution in [0.4, 0.5) is 11.8 Å². The average Bonchev–Trinajstić information content (AvgIpc) is 3.28. The number of hydrogen-bond acceptors (Lipinski definition) is 8. The Hall–Kier alpha value is -2.72. The molecule has 0 aromatic carbocycles. The van der Waals surface area contributed by atoms with Gasteiger partial charge >= 0.3 is 0 Å². The van der Waals surface area contributed by atoms with E-state index in [0.717, 1.165) is 11.5 Å². The van der Waals surface area contributed by atoms with E-state index in [9.17, 15) is 4.79 Å². The van der Waals surface area contributed by atoms with Crippen molar-refractivity contribution >= 4 is 17.7 Å². The first-order valence-electron chi connectivity index (χ1n) is 9.10. The van der Waals surface area contributed by atoms with E-state index in [2.05, 4.69) is 25.3 Å². The van der Waals surface area contributed by atoms with Gasteiger partial charge in [0.2, 0.25) is 11.9 Å². The molecule has 1 N–H and O–H groups in total. The minimum absolute atomic E-state index is 0.0175. The van der Waals surface area contributed by atoms with Gasteiger partial charge in [0, 0.05) is 53.7 Å². The lowest BCUT2D eigenvalue weighted by Gasteiger charge is -2.19. The topological polar surface area (TPSA) is 97.6 Å². The summed E-state index contributed by atoms with van der Waals surface area (Å²) in [5.41, 5.74) is 0.912. The van der Waals surface area contributed by atoms with Crippen molar-refractivity contribution in [2.75, 3.05) is 50.7 Å². The molecule has 28 heavy (non-hydrogen) atoms. The molecular formula is C18H27N7O3. The van der Waals surface area contributed by atoms with Crippen LogP contribution in [0.25, 0.3) is 0 Å². The minimum Gasteiger partial charge on any atom is -0.377 e. The third-order valence-corrected chi connectivity index (χ3v) is 4.67. The van der Waals surface area contributed by atoms with E-state index in [1.807, 2.05) is 38.2 Å². The summed E-state index contributed by atoms with van der Waals surface area (Å²) < 4.78 is 12.8. The molecule has 2 aromatic heterocycles. The summed E-state index contributed by atoms with van der Waals surface area (Å²) in [6, 6.07) is 3.58. The number of carbonyl (C=O) groups excluding carboxylic acids is 1. The number of aromatic nitrogens is 4. The highest BCUT2D eigenvalue weighted by molar-refractivity contribution is 5.77. The van der Waals surface area contributed by atoms with Gasteiger partial charge in [0.25, 0.3) is 0 Å². The fourth-order valence-electron chi connectivity index (χ4n) is 3.11. The largest absolute Gasteiger partial charge is 0.377 e. The summed E-state index contributed by atoms with van der Waals surface area (Å²) in [5, 5.41) is 7.08. The molecule has 10 nitrogen and oxygen atoms in total. The van der Waals surface area contributed by atoms with Crippen molar-refractivity contribution in [3.05, 3.63) is 30.2 Å². The lowest BCUT2D eigenvalue weighted by Crippen LogP contribution is -2.45. The molecular weight excluding hydrogens is 362 g/mol. The Morgan fingerprint density at radius 1 is 1.32 bits per heavy atom. The second kappa shape index (κ2) is 8.98. The van der Waals surface area contributed by atoms with Crippen LogP contribution in [-0.4, -0.2) is 78.7 Å². The fraction of sp³-hybridized carbons (Fsp3) is 0.556. The molecule has 0 spiro atoms. The molecule has 3 rings (SSSR count). The van der Waals surface area contributed by atoms with Gasteiger partial charge in [-0.25, -0.2) is 4.98 Å². The Morgan fingerprint density at radius 3 is 2.82 bits per heavy atom. The van der Waals surface area contributed by atoms with Gasteiger partial charge in [-0.1, -0.05) is 0 Å². The molecule has 1 amide bonds. The van der Waals surface area contributed by atoms with Gasteiger partial charge in [0.05, 0.1) is 24.4 Å². The monoisotopic (exact) mass is 389 g/mol. The van der Waals surface area contributed by atoms with Gasteiger partial charge in [-0.3, -0.25) is 9.48 Å². The van der Waals surface area contributed by atoms with Crippen LogP contribution in [0.5, 0.6) is 0 Å². The molecule has 3 heterocycles. The molecule has 152 valence electrons. The number of methoxy groups -OCH3 is 1. The summed E-state index contributed by atoms with van der Waals surface area (Å²) in [5.74, 6) is 1.28. The van der Waals surface area contributed by atoms with Crippen LogP contribution in [0.15, 0.2) is 24.5 Å². The number of aryl methyl sites for hydroxylation is 1. The quantitative estimate of drug-likeness (QED) is 0.664. The molecule has 2 atom stereocenters. The van der Waals surface area contributed by atoms with Gasteiger partial charge in [0.15, 0.2) is 0 Å². The molecule has 1 fully saturated rings. The van der Waals surface area contributed by atoms with E-state index in [1.54, 1.807) is 24.2 Å². The first-order chi connectivity index (χ1) is 13.5. The molecule has 1 aliphatic rings. The van der Waals surface area contributed by atoms with Crippen molar-refractivity contribution < 1.29 is 14.3 Å². The molecule has 2 aromatic rings. The summed E-state index contributed by atoms with van der Waals surface area (Å²) in [6.07, 6.45) is 3.31. The van der Waals surface area contributed by atoms with Crippen molar-refractivity contribution in [1.29, 1.82) is 0 Å². The zero-order valence-corrected chi connectivity index (χ0v) is 16.7. The van der Waals surface area contributed by atoms with Crippen LogP contribution >= 0.6 is 0 Å². The fourth-order valence-corrected chi connectivity index (χ4v) is 3.11. The normalized spacial score (nSPS) is 19.1. The Bertz CT molecular complexity index is 795. The molecule has 0 bridgehead atoms. The van der Waals surface area contributed by atoms with Crippen LogP contribution < -0.4 is 15.1 Å². The van der Waals surface area contributed by atoms with E-state index in [4.69, 9.17) is 9.47 Å². The number of carbonyl (C=O) groups is 1. The van der Waals surface area contributed by atoms with E-state index < -0.39 is 0 Å². The summed E-state index contributed by atoms with van der Waals surface area (Å²) >= 11 is 0. The molecule has 0 aliphatic carbocycles. The molecule has 0 saturated carbocycles. The summed E-state index contributed by atoms with van der Waals surface area (Å²) in [7, 11) is 7.28. The number of rotatable bonds is 8. The van der Waals surface area contributed by atoms with E-state index in [0.29, 0.717) is 25.6 Å². The Kier molecular flexibility index (Phi) is 6.42. The number of nitrogens with one attached hydrogen (secondary N) is 1. The maximum Gasteiger partial charge on any atom is 0.246 e. The van der Waals surface area contributed by atoms with Gasteiger partial charge < -0.3 is 24.6 Å². The van der Waals surface area contributed by atoms with Crippen LogP contribution in [0.1, 0.15) is 5.69 Å². The van der Waals surface area contributed by atoms with Crippen molar-refractivity contribution in [3.63, 3.8) is 0 Å². The first-order valence-corrected chi connectivity index (χ1v) is 9.10. The van der Waals surface area contributed by atoms with Crippen LogP contribution in [-0.2, 0) is 27.9 Å². The Labute approximate surface area is 164 Å². The number of amides is 1. The minimum atomic E-state index is -0.173. The molecule has 10 heteroatoms. The lowest BCUT2D eigenvalue weighted by atomic mass is 10.2.